The van der Waals surface area contributed by atoms with Crippen molar-refractivity contribution in [3.05, 3.63) is 40.6 Å². The number of carbonyl (C=O) groups is 1. The van der Waals surface area contributed by atoms with Crippen molar-refractivity contribution in [1.82, 2.24) is 4.98 Å². The van der Waals surface area contributed by atoms with E-state index >= 15 is 0 Å². The molecule has 2 aromatic heterocycles. The van der Waals surface area contributed by atoms with Crippen molar-refractivity contribution in [3.8, 4) is 5.75 Å². The van der Waals surface area contributed by atoms with Gasteiger partial charge in [0.05, 0.1) is 19.8 Å². The second kappa shape index (κ2) is 5.81. The third-order valence-corrected chi connectivity index (χ3v) is 4.29. The minimum Gasteiger partial charge on any atom is -0.496 e. The quantitative estimate of drug-likeness (QED) is 0.797. The molecule has 2 heterocycles. The molecule has 3 aromatic rings. The lowest BCUT2D eigenvalue weighted by molar-refractivity contribution is -0.115. The summed E-state index contributed by atoms with van der Waals surface area (Å²) in [6.07, 6.45) is 3.62. The van der Waals surface area contributed by atoms with E-state index in [0.29, 0.717) is 5.13 Å². The number of carbonyl (C=O) groups excluding carboxylic acids is 1. The molecule has 0 aliphatic rings. The number of aryl methyl sites for hydroxylation is 2. The molecule has 1 aromatic carbocycles. The highest BCUT2D eigenvalue weighted by atomic mass is 32.1. The zero-order valence-corrected chi connectivity index (χ0v) is 13.4. The minimum absolute atomic E-state index is 0.106. The van der Waals surface area contributed by atoms with Crippen molar-refractivity contribution < 1.29 is 13.9 Å². The second-order valence-electron chi connectivity index (χ2n) is 5.03. The summed E-state index contributed by atoms with van der Waals surface area (Å²) in [4.78, 5) is 17.3. The Morgan fingerprint density at radius 2 is 2.23 bits per heavy atom. The number of thiazole rings is 1. The Balaban J connectivity index is 1.82. The first-order valence-corrected chi connectivity index (χ1v) is 7.66. The Morgan fingerprint density at radius 3 is 2.91 bits per heavy atom. The Kier molecular flexibility index (Phi) is 3.85. The van der Waals surface area contributed by atoms with Crippen molar-refractivity contribution in [3.63, 3.8) is 0 Å². The van der Waals surface area contributed by atoms with Crippen LogP contribution in [0, 0.1) is 13.8 Å². The third-order valence-electron chi connectivity index (χ3n) is 3.46. The molecule has 114 valence electrons. The Bertz CT molecular complexity index is 835. The number of benzene rings is 1. The van der Waals surface area contributed by atoms with Gasteiger partial charge in [0.15, 0.2) is 5.13 Å². The largest absolute Gasteiger partial charge is 0.496 e. The molecule has 3 rings (SSSR count). The molecule has 0 radical (unpaired) electrons. The maximum Gasteiger partial charge on any atom is 0.230 e. The van der Waals surface area contributed by atoms with Gasteiger partial charge in [-0.15, -0.1) is 11.3 Å². The molecule has 22 heavy (non-hydrogen) atoms. The van der Waals surface area contributed by atoms with Crippen LogP contribution in [0.1, 0.15) is 16.0 Å². The third kappa shape index (κ3) is 2.69. The monoisotopic (exact) mass is 316 g/mol. The van der Waals surface area contributed by atoms with E-state index in [4.69, 9.17) is 9.15 Å². The molecular weight excluding hydrogens is 300 g/mol. The van der Waals surface area contributed by atoms with E-state index in [1.54, 1.807) is 19.6 Å². The number of anilines is 1. The van der Waals surface area contributed by atoms with Crippen LogP contribution in [0.3, 0.4) is 0 Å². The van der Waals surface area contributed by atoms with Crippen LogP contribution in [-0.2, 0) is 11.2 Å². The highest BCUT2D eigenvalue weighted by molar-refractivity contribution is 7.15. The summed E-state index contributed by atoms with van der Waals surface area (Å²) in [5, 5.41) is 4.36. The van der Waals surface area contributed by atoms with Gasteiger partial charge in [-0.25, -0.2) is 4.98 Å². The molecular formula is C16H16N2O3S. The molecule has 0 saturated heterocycles. The van der Waals surface area contributed by atoms with Crippen molar-refractivity contribution in [1.29, 1.82) is 0 Å². The highest BCUT2D eigenvalue weighted by Crippen LogP contribution is 2.31. The molecule has 1 N–H and O–H groups in total. The summed E-state index contributed by atoms with van der Waals surface area (Å²) in [6, 6.07) is 3.81. The number of nitrogens with one attached hydrogen (secondary N) is 1. The lowest BCUT2D eigenvalue weighted by Crippen LogP contribution is -2.13. The summed E-state index contributed by atoms with van der Waals surface area (Å²) in [5.41, 5.74) is 2.54. The number of amides is 1. The molecule has 0 aliphatic carbocycles. The predicted molar refractivity (Wildman–Crippen MR) is 86.7 cm³/mol. The van der Waals surface area contributed by atoms with E-state index in [9.17, 15) is 4.79 Å². The van der Waals surface area contributed by atoms with Crippen LogP contribution < -0.4 is 10.1 Å². The first kappa shape index (κ1) is 14.6. The number of hydrogen-bond acceptors (Lipinski definition) is 5. The van der Waals surface area contributed by atoms with Gasteiger partial charge >= 0.3 is 0 Å². The molecule has 0 bridgehead atoms. The molecule has 5 nitrogen and oxygen atoms in total. The summed E-state index contributed by atoms with van der Waals surface area (Å²) in [7, 11) is 1.63. The molecule has 0 atom stereocenters. The van der Waals surface area contributed by atoms with E-state index in [1.165, 1.54) is 11.3 Å². The zero-order chi connectivity index (χ0) is 15.7. The normalized spacial score (nSPS) is 10.9. The average molecular weight is 316 g/mol. The minimum atomic E-state index is -0.106. The summed E-state index contributed by atoms with van der Waals surface area (Å²) < 4.78 is 10.9. The van der Waals surface area contributed by atoms with Gasteiger partial charge in [-0.05, 0) is 26.0 Å². The van der Waals surface area contributed by atoms with E-state index < -0.39 is 0 Å². The number of furan rings is 1. The van der Waals surface area contributed by atoms with Gasteiger partial charge < -0.3 is 14.5 Å². The molecule has 1 amide bonds. The van der Waals surface area contributed by atoms with Crippen LogP contribution in [0.5, 0.6) is 5.75 Å². The van der Waals surface area contributed by atoms with Gasteiger partial charge in [0.25, 0.3) is 0 Å². The van der Waals surface area contributed by atoms with Gasteiger partial charge in [-0.3, -0.25) is 4.79 Å². The predicted octanol–water partition coefficient (Wildman–Crippen LogP) is 3.70. The van der Waals surface area contributed by atoms with Crippen LogP contribution >= 0.6 is 11.3 Å². The molecule has 0 saturated carbocycles. The van der Waals surface area contributed by atoms with E-state index in [0.717, 1.165) is 32.7 Å². The Morgan fingerprint density at radius 1 is 1.41 bits per heavy atom. The van der Waals surface area contributed by atoms with Gasteiger partial charge in [0.2, 0.25) is 5.91 Å². The lowest BCUT2D eigenvalue weighted by atomic mass is 10.1. The van der Waals surface area contributed by atoms with Gasteiger partial charge in [0, 0.05) is 27.6 Å². The van der Waals surface area contributed by atoms with E-state index in [-0.39, 0.29) is 12.3 Å². The standard InChI is InChI=1S/C16H16N2O3S/c1-9-7-17-16(22-9)18-14(19)6-11-8-21-15-10(2)13(20-3)5-4-12(11)15/h4-5,7-8H,6H2,1-3H3,(H,17,18,19). The summed E-state index contributed by atoms with van der Waals surface area (Å²) in [5.74, 6) is 0.668. The highest BCUT2D eigenvalue weighted by Gasteiger charge is 2.14. The van der Waals surface area contributed by atoms with Crippen LogP contribution in [-0.4, -0.2) is 18.0 Å². The van der Waals surface area contributed by atoms with Crippen molar-refractivity contribution in [2.75, 3.05) is 12.4 Å². The van der Waals surface area contributed by atoms with Gasteiger partial charge in [0.1, 0.15) is 11.3 Å². The fourth-order valence-electron chi connectivity index (χ4n) is 2.38. The van der Waals surface area contributed by atoms with Crippen LogP contribution in [0.15, 0.2) is 29.0 Å². The van der Waals surface area contributed by atoms with Crippen LogP contribution in [0.4, 0.5) is 5.13 Å². The number of hydrogen-bond donors (Lipinski definition) is 1. The fraction of sp³-hybridized carbons (Fsp3) is 0.250. The SMILES string of the molecule is COc1ccc2c(CC(=O)Nc3ncc(C)s3)coc2c1C. The number of nitrogens with zero attached hydrogens (tertiary/aromatic N) is 1. The maximum atomic E-state index is 12.1. The number of aromatic nitrogens is 1. The van der Waals surface area contributed by atoms with Crippen molar-refractivity contribution >= 4 is 33.3 Å². The number of methoxy groups -OCH3 is 1. The molecule has 0 spiro atoms. The molecule has 0 aliphatic heterocycles. The maximum absolute atomic E-state index is 12.1. The number of ether oxygens (including phenoxy) is 1. The van der Waals surface area contributed by atoms with Crippen LogP contribution in [0.2, 0.25) is 0 Å². The molecule has 6 heteroatoms. The van der Waals surface area contributed by atoms with Gasteiger partial charge in [-0.2, -0.15) is 0 Å². The fourth-order valence-corrected chi connectivity index (χ4v) is 3.06. The topological polar surface area (TPSA) is 64.4 Å². The number of fused-ring (bicyclic) bond motifs is 1. The van der Waals surface area contributed by atoms with E-state index in [2.05, 4.69) is 10.3 Å². The second-order valence-corrected chi connectivity index (χ2v) is 6.27. The Labute approximate surface area is 131 Å². The van der Waals surface area contributed by atoms with Crippen LogP contribution in [0.25, 0.3) is 11.0 Å². The Hall–Kier alpha value is -2.34. The molecule has 0 unspecified atom stereocenters. The first-order chi connectivity index (χ1) is 10.6. The number of rotatable bonds is 4. The first-order valence-electron chi connectivity index (χ1n) is 6.84. The smallest absolute Gasteiger partial charge is 0.230 e. The molecule has 0 fully saturated rings. The summed E-state index contributed by atoms with van der Waals surface area (Å²) in [6.45, 7) is 3.89. The van der Waals surface area contributed by atoms with Crippen molar-refractivity contribution in [2.24, 2.45) is 0 Å². The zero-order valence-electron chi connectivity index (χ0n) is 12.6. The van der Waals surface area contributed by atoms with Gasteiger partial charge in [-0.1, -0.05) is 0 Å². The lowest BCUT2D eigenvalue weighted by Gasteiger charge is -2.04. The summed E-state index contributed by atoms with van der Waals surface area (Å²) >= 11 is 1.46. The van der Waals surface area contributed by atoms with Crippen molar-refractivity contribution in [2.45, 2.75) is 20.3 Å². The average Bonchev–Trinajstić information content (AvgIpc) is 3.07. The van der Waals surface area contributed by atoms with E-state index in [1.807, 2.05) is 26.0 Å².